The third-order valence-electron chi connectivity index (χ3n) is 1.99. The third kappa shape index (κ3) is 4.48. The first-order valence-electron chi connectivity index (χ1n) is 5.12. The molecule has 0 atom stereocenters. The molecule has 0 unspecified atom stereocenters. The van der Waals surface area contributed by atoms with Gasteiger partial charge in [-0.05, 0) is 18.1 Å². The molecule has 0 radical (unpaired) electrons. The summed E-state index contributed by atoms with van der Waals surface area (Å²) in [6, 6.07) is 7.20. The summed E-state index contributed by atoms with van der Waals surface area (Å²) in [5.41, 5.74) is 1.44. The lowest BCUT2D eigenvalue weighted by atomic mass is 10.1. The molecule has 0 bridgehead atoms. The van der Waals surface area contributed by atoms with Gasteiger partial charge < -0.3 is 15.6 Å². The van der Waals surface area contributed by atoms with Gasteiger partial charge in [0, 0.05) is 12.3 Å². The van der Waals surface area contributed by atoms with E-state index in [9.17, 15) is 4.79 Å². The van der Waals surface area contributed by atoms with Crippen molar-refractivity contribution in [3.8, 4) is 0 Å². The number of nitrogens with one attached hydrogen (secondary N) is 1. The van der Waals surface area contributed by atoms with Crippen molar-refractivity contribution in [1.29, 1.82) is 0 Å². The van der Waals surface area contributed by atoms with Gasteiger partial charge in [-0.2, -0.15) is 0 Å². The summed E-state index contributed by atoms with van der Waals surface area (Å²) >= 11 is 0. The molecule has 0 aliphatic heterocycles. The molecular formula is C12H14N2O3. The molecule has 0 aromatic heterocycles. The van der Waals surface area contributed by atoms with Gasteiger partial charge in [-0.1, -0.05) is 35.5 Å². The predicted molar refractivity (Wildman–Crippen MR) is 66.1 cm³/mol. The Kier molecular flexibility index (Phi) is 5.46. The van der Waals surface area contributed by atoms with E-state index in [1.807, 2.05) is 24.3 Å². The first-order valence-corrected chi connectivity index (χ1v) is 5.12. The highest BCUT2D eigenvalue weighted by Crippen LogP contribution is 2.16. The Labute approximate surface area is 99.1 Å². The van der Waals surface area contributed by atoms with Crippen LogP contribution in [0.5, 0.6) is 0 Å². The van der Waals surface area contributed by atoms with Crippen LogP contribution in [0.15, 0.2) is 35.5 Å². The molecule has 0 fully saturated rings. The molecule has 1 aromatic rings. The zero-order valence-corrected chi connectivity index (χ0v) is 9.21. The van der Waals surface area contributed by atoms with E-state index in [1.54, 1.807) is 12.1 Å². The third-order valence-corrected chi connectivity index (χ3v) is 1.99. The lowest BCUT2D eigenvalue weighted by Gasteiger charge is -2.05. The molecule has 1 rings (SSSR count). The van der Waals surface area contributed by atoms with E-state index in [0.29, 0.717) is 12.1 Å². The summed E-state index contributed by atoms with van der Waals surface area (Å²) in [5, 5.41) is 22.1. The maximum atomic E-state index is 11.2. The first kappa shape index (κ1) is 12.9. The van der Waals surface area contributed by atoms with Crippen LogP contribution in [0, 0.1) is 0 Å². The van der Waals surface area contributed by atoms with Crippen molar-refractivity contribution in [3.05, 3.63) is 35.9 Å². The predicted octanol–water partition coefficient (Wildman–Crippen LogP) is 1.48. The zero-order valence-electron chi connectivity index (χ0n) is 9.21. The Morgan fingerprint density at radius 2 is 2.18 bits per heavy atom. The van der Waals surface area contributed by atoms with Gasteiger partial charge in [0.25, 0.3) is 5.91 Å². The largest absolute Gasteiger partial charge is 0.411 e. The second kappa shape index (κ2) is 7.19. The molecule has 5 nitrogen and oxygen atoms in total. The summed E-state index contributed by atoms with van der Waals surface area (Å²) in [5.74, 6) is -0.504. The van der Waals surface area contributed by atoms with E-state index in [1.165, 1.54) is 0 Å². The molecule has 0 aliphatic rings. The van der Waals surface area contributed by atoms with Crippen molar-refractivity contribution in [2.75, 3.05) is 11.9 Å². The van der Waals surface area contributed by atoms with E-state index in [0.717, 1.165) is 11.8 Å². The van der Waals surface area contributed by atoms with Crippen molar-refractivity contribution >= 4 is 23.9 Å². The molecule has 0 saturated heterocycles. The number of carbonyl (C=O) groups excluding carboxylic acids is 1. The minimum Gasteiger partial charge on any atom is -0.411 e. The summed E-state index contributed by atoms with van der Waals surface area (Å²) in [7, 11) is 0. The van der Waals surface area contributed by atoms with Crippen LogP contribution in [-0.4, -0.2) is 29.0 Å². The zero-order chi connectivity index (χ0) is 12.5. The number of carbonyl (C=O) groups is 1. The first-order chi connectivity index (χ1) is 8.27. The Bertz CT molecular complexity index is 428. The van der Waals surface area contributed by atoms with Gasteiger partial charge in [-0.25, -0.2) is 0 Å². The number of aliphatic hydroxyl groups is 1. The monoisotopic (exact) mass is 234 g/mol. The molecule has 90 valence electrons. The highest BCUT2D eigenvalue weighted by molar-refractivity contribution is 6.31. The van der Waals surface area contributed by atoms with Gasteiger partial charge >= 0.3 is 0 Å². The molecule has 3 N–H and O–H groups in total. The van der Waals surface area contributed by atoms with E-state index in [2.05, 4.69) is 10.5 Å². The minimum atomic E-state index is -0.504. The number of nitrogens with zero attached hydrogens (tertiary/aromatic N) is 1. The molecule has 0 aliphatic carbocycles. The number of hydrogen-bond acceptors (Lipinski definition) is 4. The van der Waals surface area contributed by atoms with Gasteiger partial charge in [-0.15, -0.1) is 0 Å². The fourth-order valence-electron chi connectivity index (χ4n) is 1.26. The van der Waals surface area contributed by atoms with Crippen LogP contribution >= 0.6 is 0 Å². The number of hydrogen-bond donors (Lipinski definition) is 3. The number of rotatable bonds is 5. The summed E-state index contributed by atoms with van der Waals surface area (Å²) in [6.45, 7) is 0.0855. The summed E-state index contributed by atoms with van der Waals surface area (Å²) in [4.78, 5) is 11.2. The lowest BCUT2D eigenvalue weighted by molar-refractivity contribution is -0.110. The van der Waals surface area contributed by atoms with Crippen molar-refractivity contribution < 1.29 is 15.1 Å². The number of aliphatic hydroxyl groups excluding tert-OH is 1. The fraction of sp³-hybridized carbons (Fsp3) is 0.167. The van der Waals surface area contributed by atoms with Gasteiger partial charge in [0.05, 0.1) is 0 Å². The summed E-state index contributed by atoms with van der Waals surface area (Å²) < 4.78 is 0. The average Bonchev–Trinajstić information content (AvgIpc) is 2.32. The van der Waals surface area contributed by atoms with Gasteiger partial charge in [0.1, 0.15) is 6.21 Å². The molecule has 0 heterocycles. The quantitative estimate of drug-likeness (QED) is 0.410. The lowest BCUT2D eigenvalue weighted by Crippen LogP contribution is -2.13. The summed E-state index contributed by atoms with van der Waals surface area (Å²) in [6.07, 6.45) is 4.96. The van der Waals surface area contributed by atoms with Crippen LogP contribution in [0.2, 0.25) is 0 Å². The van der Waals surface area contributed by atoms with Crippen LogP contribution in [-0.2, 0) is 4.79 Å². The SMILES string of the molecule is O=C(C=NO)Nc1ccccc1C=CCCO. The smallest absolute Gasteiger partial charge is 0.270 e. The maximum Gasteiger partial charge on any atom is 0.270 e. The minimum absolute atomic E-state index is 0.0855. The molecular weight excluding hydrogens is 220 g/mol. The highest BCUT2D eigenvalue weighted by atomic mass is 16.4. The van der Waals surface area contributed by atoms with Gasteiger partial charge in [0.15, 0.2) is 0 Å². The topological polar surface area (TPSA) is 81.9 Å². The van der Waals surface area contributed by atoms with Gasteiger partial charge in [0.2, 0.25) is 0 Å². The molecule has 0 saturated carbocycles. The molecule has 1 aromatic carbocycles. The fourth-order valence-corrected chi connectivity index (χ4v) is 1.26. The average molecular weight is 234 g/mol. The van der Waals surface area contributed by atoms with Crippen molar-refractivity contribution in [2.45, 2.75) is 6.42 Å². The van der Waals surface area contributed by atoms with Crippen LogP contribution in [0.25, 0.3) is 6.08 Å². The van der Waals surface area contributed by atoms with Crippen molar-refractivity contribution in [1.82, 2.24) is 0 Å². The number of amides is 1. The van der Waals surface area contributed by atoms with Crippen LogP contribution in [0.4, 0.5) is 5.69 Å². The van der Waals surface area contributed by atoms with Gasteiger partial charge in [-0.3, -0.25) is 4.79 Å². The second-order valence-corrected chi connectivity index (χ2v) is 3.24. The Morgan fingerprint density at radius 3 is 2.88 bits per heavy atom. The van der Waals surface area contributed by atoms with Crippen molar-refractivity contribution in [3.63, 3.8) is 0 Å². The van der Waals surface area contributed by atoms with Crippen molar-refractivity contribution in [2.24, 2.45) is 5.16 Å². The molecule has 0 spiro atoms. The van der Waals surface area contributed by atoms with E-state index in [-0.39, 0.29) is 6.61 Å². The Balaban J connectivity index is 2.80. The molecule has 5 heteroatoms. The number of anilines is 1. The van der Waals surface area contributed by atoms with Crippen LogP contribution < -0.4 is 5.32 Å². The van der Waals surface area contributed by atoms with E-state index >= 15 is 0 Å². The number of oxime groups is 1. The normalized spacial score (nSPS) is 11.1. The number of para-hydroxylation sites is 1. The standard InChI is InChI=1S/C12H14N2O3/c15-8-4-3-6-10-5-1-2-7-11(10)14-12(16)9-13-17/h1-3,5-7,9,15,17H,4,8H2,(H,14,16). The highest BCUT2D eigenvalue weighted by Gasteiger charge is 2.01. The van der Waals surface area contributed by atoms with E-state index in [4.69, 9.17) is 10.3 Å². The number of benzene rings is 1. The van der Waals surface area contributed by atoms with E-state index < -0.39 is 5.91 Å². The van der Waals surface area contributed by atoms with Crippen LogP contribution in [0.1, 0.15) is 12.0 Å². The van der Waals surface area contributed by atoms with Crippen LogP contribution in [0.3, 0.4) is 0 Å². The Morgan fingerprint density at radius 1 is 1.41 bits per heavy atom. The molecule has 17 heavy (non-hydrogen) atoms. The maximum absolute atomic E-state index is 11.2. The second-order valence-electron chi connectivity index (χ2n) is 3.24. The Hall–Kier alpha value is -2.14. The molecule has 1 amide bonds.